The van der Waals surface area contributed by atoms with Crippen LogP contribution in [0.2, 0.25) is 0 Å². The molecule has 1 aliphatic heterocycles. The molecule has 8 heavy (non-hydrogen) atoms. The summed E-state index contributed by atoms with van der Waals surface area (Å²) in [7, 11) is -4.80. The van der Waals surface area contributed by atoms with Gasteiger partial charge >= 0.3 is 69.5 Å². The normalized spacial score (nSPS) is 32.1. The molecule has 0 saturated carbocycles. The van der Waals surface area contributed by atoms with Gasteiger partial charge in [0.2, 0.25) is 0 Å². The van der Waals surface area contributed by atoms with Crippen molar-refractivity contribution in [3.8, 4) is 0 Å². The summed E-state index contributed by atoms with van der Waals surface area (Å²) in [6.07, 6.45) is 0. The molecule has 1 fully saturated rings. The zero-order chi connectivity index (χ0) is 4.86. The minimum Gasteiger partial charge on any atom is -1.00 e. The Morgan fingerprint density at radius 3 is 1.25 bits per heavy atom. The van der Waals surface area contributed by atoms with Crippen LogP contribution in [0.1, 0.15) is 2.85 Å². The van der Waals surface area contributed by atoms with E-state index in [4.69, 9.17) is 14.7 Å². The van der Waals surface area contributed by atoms with Gasteiger partial charge in [0.1, 0.15) is 0 Å². The summed E-state index contributed by atoms with van der Waals surface area (Å²) in [5, 5.41) is 0. The van der Waals surface area contributed by atoms with Crippen molar-refractivity contribution in [2.75, 3.05) is 0 Å². The smallest absolute Gasteiger partial charge is 1.00 e. The van der Waals surface area contributed by atoms with Crippen LogP contribution in [0.15, 0.2) is 0 Å². The maximum Gasteiger partial charge on any atom is 2.00 e. The van der Waals surface area contributed by atoms with Crippen molar-refractivity contribution in [1.82, 2.24) is 0 Å². The zero-order valence-electron chi connectivity index (χ0n) is 5.81. The fourth-order valence-electron chi connectivity index (χ4n) is 0.0447. The molecule has 0 radical (unpaired) electrons. The fourth-order valence-corrected chi connectivity index (χ4v) is 0.402. The molecule has 1 heterocycles. The molecule has 5 nitrogen and oxygen atoms in total. The molecule has 0 aromatic carbocycles. The Morgan fingerprint density at radius 2 is 1.25 bits per heavy atom. The molecule has 0 atom stereocenters. The summed E-state index contributed by atoms with van der Waals surface area (Å²) in [5.41, 5.74) is 0. The van der Waals surface area contributed by atoms with Crippen molar-refractivity contribution in [3.05, 3.63) is 0 Å². The minimum atomic E-state index is -4.80. The van der Waals surface area contributed by atoms with Gasteiger partial charge in [-0.15, -0.1) is 0 Å². The minimum absolute atomic E-state index is 0. The number of hydrogen-bond acceptors (Lipinski definition) is 5. The molecule has 0 spiro atoms. The maximum atomic E-state index is 7.89. The van der Waals surface area contributed by atoms with Gasteiger partial charge in [0, 0.05) is 21.7 Å². The van der Waals surface area contributed by atoms with Gasteiger partial charge in [0.25, 0.3) is 0 Å². The molecule has 1 rings (SSSR count). The molecule has 0 amide bonds. The van der Waals surface area contributed by atoms with Gasteiger partial charge in [-0.3, -0.25) is 0 Å². The van der Waals surface area contributed by atoms with Crippen molar-refractivity contribution in [3.63, 3.8) is 0 Å². The Labute approximate surface area is 93.1 Å². The van der Waals surface area contributed by atoms with Crippen LogP contribution in [-0.4, -0.2) is 52.4 Å². The van der Waals surface area contributed by atoms with Crippen molar-refractivity contribution in [1.29, 1.82) is 0 Å². The van der Waals surface area contributed by atoms with Gasteiger partial charge < -0.3 is 2.85 Å². The predicted octanol–water partition coefficient (Wildman–Crippen LogP) is -1.10. The SMILES string of the molecule is OP1(O)(O)OO1.[Ca+2].[H-].[H-].[Ti]. The third kappa shape index (κ3) is 5.03. The molecule has 0 unspecified atom stereocenters. The van der Waals surface area contributed by atoms with E-state index in [1.165, 1.54) is 0 Å². The molecular weight excluding hydrogens is 199 g/mol. The van der Waals surface area contributed by atoms with E-state index in [1.807, 2.05) is 0 Å². The first-order chi connectivity index (χ1) is 2.47. The molecule has 0 aliphatic carbocycles. The first-order valence-electron chi connectivity index (χ1n) is 1.13. The Kier molecular flexibility index (Phi) is 4.93. The first-order valence-corrected chi connectivity index (χ1v) is 3.06. The van der Waals surface area contributed by atoms with E-state index in [0.29, 0.717) is 0 Å². The monoisotopic (exact) mass is 204 g/mol. The maximum absolute atomic E-state index is 7.89. The topological polar surface area (TPSA) is 85.8 Å². The van der Waals surface area contributed by atoms with Crippen LogP contribution in [-0.2, 0) is 31.1 Å². The average Bonchev–Trinajstić information content (AvgIpc) is 1.73. The van der Waals surface area contributed by atoms with Crippen LogP contribution < -0.4 is 0 Å². The number of rotatable bonds is 0. The van der Waals surface area contributed by atoms with Crippen LogP contribution in [0.4, 0.5) is 0 Å². The third-order valence-electron chi connectivity index (χ3n) is 0.275. The molecule has 1 aliphatic rings. The van der Waals surface area contributed by atoms with Gasteiger partial charge in [-0.2, -0.15) is 0 Å². The van der Waals surface area contributed by atoms with Crippen molar-refractivity contribution in [2.45, 2.75) is 0 Å². The van der Waals surface area contributed by atoms with Gasteiger partial charge in [0.05, 0.1) is 0 Å². The summed E-state index contributed by atoms with van der Waals surface area (Å²) in [5.74, 6) is 0. The predicted molar refractivity (Wildman–Crippen MR) is 23.7 cm³/mol. The molecule has 0 bridgehead atoms. The summed E-state index contributed by atoms with van der Waals surface area (Å²) in [6, 6.07) is 0. The second kappa shape index (κ2) is 3.07. The van der Waals surface area contributed by atoms with Crippen LogP contribution >= 0.6 is 7.74 Å². The van der Waals surface area contributed by atoms with E-state index >= 15 is 0 Å². The van der Waals surface area contributed by atoms with Crippen LogP contribution in [0.25, 0.3) is 0 Å². The van der Waals surface area contributed by atoms with Crippen molar-refractivity contribution >= 4 is 45.5 Å². The van der Waals surface area contributed by atoms with E-state index in [-0.39, 0.29) is 62.3 Å². The fraction of sp³-hybridized carbons (Fsp3) is 0. The Balaban J connectivity index is -0.0000000450. The molecule has 3 N–H and O–H groups in total. The van der Waals surface area contributed by atoms with Crippen LogP contribution in [0, 0.1) is 0 Å². The molecule has 0 aromatic heterocycles. The van der Waals surface area contributed by atoms with E-state index in [9.17, 15) is 0 Å². The standard InChI is InChI=1S/Ca.H3O5P.Ti.2H/c;1-6(2,3)4-5-6;;;/h;1-3H;;;/q+2;;;2*-1. The molecule has 46 valence electrons. The summed E-state index contributed by atoms with van der Waals surface area (Å²) in [6.45, 7) is 0. The number of hydrogen-bond donors (Lipinski definition) is 3. The Bertz CT molecular complexity index is 83.4. The zero-order valence-corrected chi connectivity index (χ0v) is 8.48. The van der Waals surface area contributed by atoms with Gasteiger partial charge in [-0.1, -0.05) is 0 Å². The van der Waals surface area contributed by atoms with Gasteiger partial charge in [-0.25, -0.2) is 0 Å². The molecule has 0 aromatic rings. The van der Waals surface area contributed by atoms with E-state index in [2.05, 4.69) is 9.35 Å². The molecule has 8 heteroatoms. The van der Waals surface area contributed by atoms with Crippen LogP contribution in [0.3, 0.4) is 0 Å². The molecule has 1 saturated heterocycles. The van der Waals surface area contributed by atoms with E-state index < -0.39 is 7.74 Å². The van der Waals surface area contributed by atoms with Crippen molar-refractivity contribution < 1.29 is 48.6 Å². The quantitative estimate of drug-likeness (QED) is 0.202. The van der Waals surface area contributed by atoms with Crippen molar-refractivity contribution in [2.24, 2.45) is 0 Å². The summed E-state index contributed by atoms with van der Waals surface area (Å²) < 4.78 is 6.76. The second-order valence-electron chi connectivity index (χ2n) is 0.982. The second-order valence-corrected chi connectivity index (χ2v) is 2.95. The molecular formula is H5CaO5PTi. The first kappa shape index (κ1) is 12.8. The average molecular weight is 204 g/mol. The summed E-state index contributed by atoms with van der Waals surface area (Å²) in [4.78, 5) is 23.7. The van der Waals surface area contributed by atoms with Gasteiger partial charge in [0.15, 0.2) is 0 Å². The van der Waals surface area contributed by atoms with Gasteiger partial charge in [-0.05, 0) is 0 Å². The van der Waals surface area contributed by atoms with E-state index in [1.54, 1.807) is 0 Å². The summed E-state index contributed by atoms with van der Waals surface area (Å²) >= 11 is 0. The van der Waals surface area contributed by atoms with Crippen LogP contribution in [0.5, 0.6) is 0 Å². The van der Waals surface area contributed by atoms with E-state index in [0.717, 1.165) is 0 Å². The largest absolute Gasteiger partial charge is 2.00 e. The third-order valence-corrected chi connectivity index (χ3v) is 0.824. The Morgan fingerprint density at radius 1 is 1.12 bits per heavy atom. The Hall–Kier alpha value is 2.20.